The van der Waals surface area contributed by atoms with Crippen LogP contribution in [-0.4, -0.2) is 39.2 Å². The molecule has 0 aliphatic carbocycles. The number of nitrogens with zero attached hydrogens (tertiary/aromatic N) is 3. The Kier molecular flexibility index (Phi) is 7.68. The van der Waals surface area contributed by atoms with Crippen LogP contribution in [0.2, 0.25) is 0 Å². The summed E-state index contributed by atoms with van der Waals surface area (Å²) >= 11 is 6.79. The predicted molar refractivity (Wildman–Crippen MR) is 70.7 cm³/mol. The van der Waals surface area contributed by atoms with Gasteiger partial charge in [0.25, 0.3) is 0 Å². The van der Waals surface area contributed by atoms with E-state index in [1.807, 2.05) is 13.8 Å². The zero-order chi connectivity index (χ0) is 11.8. The molecule has 0 aliphatic heterocycles. The lowest BCUT2D eigenvalue weighted by molar-refractivity contribution is 0.293. The van der Waals surface area contributed by atoms with Gasteiger partial charge in [-0.3, -0.25) is 0 Å². The summed E-state index contributed by atoms with van der Waals surface area (Å²) in [6.07, 6.45) is 0. The number of hydrogen-bond donors (Lipinski definition) is 0. The van der Waals surface area contributed by atoms with Crippen LogP contribution < -0.4 is 0 Å². The van der Waals surface area contributed by atoms with Crippen molar-refractivity contribution in [2.75, 3.05) is 19.6 Å². The Morgan fingerprint density at radius 2 is 1.87 bits per heavy atom. The van der Waals surface area contributed by atoms with Crippen molar-refractivity contribution in [2.24, 2.45) is 5.29 Å². The molecule has 0 saturated carbocycles. The summed E-state index contributed by atoms with van der Waals surface area (Å²) in [5, 5.41) is 4.44. The molecule has 1 atom stereocenters. The molecule has 0 aromatic carbocycles. The van der Waals surface area contributed by atoms with Crippen molar-refractivity contribution in [1.82, 2.24) is 9.91 Å². The van der Waals surface area contributed by atoms with Crippen LogP contribution in [0, 0.1) is 4.91 Å². The highest BCUT2D eigenvalue weighted by Crippen LogP contribution is 2.19. The largest absolute Gasteiger partial charge is 0.358 e. The number of thiocarbonyl (C=S) groups is 1. The molecule has 0 aliphatic rings. The van der Waals surface area contributed by atoms with Gasteiger partial charge in [-0.2, -0.15) is 0 Å². The van der Waals surface area contributed by atoms with Crippen molar-refractivity contribution in [3.05, 3.63) is 4.91 Å². The second-order valence-electron chi connectivity index (χ2n) is 2.99. The second kappa shape index (κ2) is 7.87. The van der Waals surface area contributed by atoms with E-state index in [2.05, 4.69) is 24.0 Å². The van der Waals surface area contributed by atoms with E-state index >= 15 is 0 Å². The molecule has 0 aromatic heterocycles. The van der Waals surface area contributed by atoms with E-state index < -0.39 is 0 Å². The van der Waals surface area contributed by atoms with Crippen LogP contribution in [0.15, 0.2) is 5.29 Å². The average Bonchev–Trinajstić information content (AvgIpc) is 2.21. The minimum atomic E-state index is 0.000556. The Balaban J connectivity index is 4.20. The maximum Gasteiger partial charge on any atom is 0.138 e. The molecule has 0 bridgehead atoms. The van der Waals surface area contributed by atoms with E-state index in [0.717, 1.165) is 17.4 Å². The van der Waals surface area contributed by atoms with Crippen LogP contribution in [0.1, 0.15) is 27.7 Å². The standard InChI is InChI=1S/C9H19N3OS2/c1-5-11(6-2)9(14)15-8(4)12(7-3)10-13/h8H,5-7H2,1-4H3. The number of rotatable bonds is 6. The van der Waals surface area contributed by atoms with Gasteiger partial charge >= 0.3 is 0 Å². The summed E-state index contributed by atoms with van der Waals surface area (Å²) in [5.41, 5.74) is 0. The van der Waals surface area contributed by atoms with Crippen molar-refractivity contribution in [3.63, 3.8) is 0 Å². The lowest BCUT2D eigenvalue weighted by atomic mass is 10.6. The molecule has 0 heterocycles. The molecule has 0 rings (SSSR count). The highest BCUT2D eigenvalue weighted by atomic mass is 32.2. The van der Waals surface area contributed by atoms with Crippen LogP contribution in [0.25, 0.3) is 0 Å². The molecule has 6 heteroatoms. The van der Waals surface area contributed by atoms with E-state index in [9.17, 15) is 4.91 Å². The molecule has 4 nitrogen and oxygen atoms in total. The van der Waals surface area contributed by atoms with Gasteiger partial charge in [0.05, 0.1) is 10.7 Å². The van der Waals surface area contributed by atoms with Crippen molar-refractivity contribution in [3.8, 4) is 0 Å². The van der Waals surface area contributed by atoms with Gasteiger partial charge in [0, 0.05) is 19.6 Å². The fourth-order valence-corrected chi connectivity index (χ4v) is 2.83. The Hall–Kier alpha value is -0.360. The van der Waals surface area contributed by atoms with Crippen molar-refractivity contribution in [1.29, 1.82) is 0 Å². The van der Waals surface area contributed by atoms with Crippen LogP contribution >= 0.6 is 24.0 Å². The van der Waals surface area contributed by atoms with E-state index in [1.54, 1.807) is 0 Å². The summed E-state index contributed by atoms with van der Waals surface area (Å²) in [5.74, 6) is 0. The van der Waals surface area contributed by atoms with Gasteiger partial charge in [0.1, 0.15) is 4.32 Å². The van der Waals surface area contributed by atoms with Crippen molar-refractivity contribution >= 4 is 28.3 Å². The Labute approximate surface area is 101 Å². The van der Waals surface area contributed by atoms with Gasteiger partial charge in [0.15, 0.2) is 0 Å². The number of thioether (sulfide) groups is 1. The van der Waals surface area contributed by atoms with Gasteiger partial charge in [-0.1, -0.05) is 24.0 Å². The maximum atomic E-state index is 10.5. The molecule has 0 amide bonds. The predicted octanol–water partition coefficient (Wildman–Crippen LogP) is 2.70. The maximum absolute atomic E-state index is 10.5. The average molecular weight is 249 g/mol. The molecule has 0 N–H and O–H groups in total. The monoisotopic (exact) mass is 249 g/mol. The summed E-state index contributed by atoms with van der Waals surface area (Å²) in [4.78, 5) is 12.6. The van der Waals surface area contributed by atoms with Gasteiger partial charge in [0.2, 0.25) is 0 Å². The third kappa shape index (κ3) is 4.79. The van der Waals surface area contributed by atoms with E-state index in [0.29, 0.717) is 6.54 Å². The normalized spacial score (nSPS) is 12.0. The molecule has 1 unspecified atom stereocenters. The number of nitroso groups, excluding NO2 is 1. The number of hydrogen-bond acceptors (Lipinski definition) is 4. The summed E-state index contributed by atoms with van der Waals surface area (Å²) in [6.45, 7) is 10.4. The molecule has 0 spiro atoms. The van der Waals surface area contributed by atoms with Crippen LogP contribution in [0.4, 0.5) is 0 Å². The molecule has 0 fully saturated rings. The first-order valence-electron chi connectivity index (χ1n) is 5.16. The summed E-state index contributed by atoms with van der Waals surface area (Å²) in [7, 11) is 0. The van der Waals surface area contributed by atoms with E-state index in [4.69, 9.17) is 12.2 Å². The van der Waals surface area contributed by atoms with Crippen LogP contribution in [0.5, 0.6) is 0 Å². The smallest absolute Gasteiger partial charge is 0.138 e. The molecule has 0 aromatic rings. The fourth-order valence-electron chi connectivity index (χ4n) is 1.14. The highest BCUT2D eigenvalue weighted by Gasteiger charge is 2.16. The van der Waals surface area contributed by atoms with Gasteiger partial charge < -0.3 is 4.90 Å². The van der Waals surface area contributed by atoms with E-state index in [-0.39, 0.29) is 5.37 Å². The molecule has 0 saturated heterocycles. The zero-order valence-corrected chi connectivity index (χ0v) is 11.4. The summed E-state index contributed by atoms with van der Waals surface area (Å²) < 4.78 is 0.828. The highest BCUT2D eigenvalue weighted by molar-refractivity contribution is 8.23. The molecule has 15 heavy (non-hydrogen) atoms. The molecule has 0 radical (unpaired) electrons. The molecule has 88 valence electrons. The van der Waals surface area contributed by atoms with Crippen molar-refractivity contribution < 1.29 is 0 Å². The molecular weight excluding hydrogens is 230 g/mol. The Morgan fingerprint density at radius 3 is 2.20 bits per heavy atom. The van der Waals surface area contributed by atoms with Crippen LogP contribution in [-0.2, 0) is 0 Å². The van der Waals surface area contributed by atoms with E-state index in [1.165, 1.54) is 16.8 Å². The minimum Gasteiger partial charge on any atom is -0.358 e. The Morgan fingerprint density at radius 1 is 1.33 bits per heavy atom. The Bertz CT molecular complexity index is 210. The third-order valence-corrected chi connectivity index (χ3v) is 3.73. The first-order valence-corrected chi connectivity index (χ1v) is 6.44. The lowest BCUT2D eigenvalue weighted by Crippen LogP contribution is -2.32. The quantitative estimate of drug-likeness (QED) is 0.313. The van der Waals surface area contributed by atoms with Gasteiger partial charge in [-0.15, -0.1) is 4.91 Å². The minimum absolute atomic E-state index is 0.000556. The third-order valence-electron chi connectivity index (χ3n) is 2.14. The SMILES string of the molecule is CCN(CC)C(=S)SC(C)N(CC)N=O. The molecular formula is C9H19N3OS2. The van der Waals surface area contributed by atoms with Crippen LogP contribution in [0.3, 0.4) is 0 Å². The van der Waals surface area contributed by atoms with Crippen molar-refractivity contribution in [2.45, 2.75) is 33.1 Å². The topological polar surface area (TPSA) is 35.9 Å². The van der Waals surface area contributed by atoms with Gasteiger partial charge in [-0.05, 0) is 27.7 Å². The zero-order valence-electron chi connectivity index (χ0n) is 9.77. The first kappa shape index (κ1) is 14.6. The summed E-state index contributed by atoms with van der Waals surface area (Å²) in [6, 6.07) is 0. The fraction of sp³-hybridized carbons (Fsp3) is 0.889. The first-order chi connectivity index (χ1) is 7.10. The second-order valence-corrected chi connectivity index (χ2v) is 4.94. The van der Waals surface area contributed by atoms with Gasteiger partial charge in [-0.25, -0.2) is 5.01 Å². The lowest BCUT2D eigenvalue weighted by Gasteiger charge is -2.26.